The summed E-state index contributed by atoms with van der Waals surface area (Å²) in [6, 6.07) is 11.6. The number of benzene rings is 1. The first-order valence-corrected chi connectivity index (χ1v) is 12.0. The van der Waals surface area contributed by atoms with Crippen molar-refractivity contribution in [2.24, 2.45) is 17.0 Å². The van der Waals surface area contributed by atoms with Crippen LogP contribution < -0.4 is 5.73 Å². The number of anilines is 1. The molecule has 2 N–H and O–H groups in total. The molecule has 1 aromatic carbocycles. The van der Waals surface area contributed by atoms with E-state index < -0.39 is 0 Å². The number of rotatable bonds is 6. The number of pyridine rings is 1. The van der Waals surface area contributed by atoms with Crippen molar-refractivity contribution in [1.29, 1.82) is 0 Å². The number of carbonyl (C=O) groups is 1. The molecule has 0 radical (unpaired) electrons. The van der Waals surface area contributed by atoms with Gasteiger partial charge in [0, 0.05) is 42.7 Å². The van der Waals surface area contributed by atoms with Crippen LogP contribution in [0.3, 0.4) is 0 Å². The van der Waals surface area contributed by atoms with Gasteiger partial charge in [0.05, 0.1) is 5.71 Å². The SMILES string of the molecule is CO/N=C(/c1ccc(Cl)cc1)C1CCN(C(=O)C2CCN(Cc3ccnc(N)c3)CC2)CC1. The highest BCUT2D eigenvalue weighted by Crippen LogP contribution is 2.27. The van der Waals surface area contributed by atoms with Crippen molar-refractivity contribution in [1.82, 2.24) is 14.8 Å². The lowest BCUT2D eigenvalue weighted by atomic mass is 9.87. The zero-order valence-electron chi connectivity index (χ0n) is 19.1. The van der Waals surface area contributed by atoms with Crippen LogP contribution in [0.15, 0.2) is 47.8 Å². The van der Waals surface area contributed by atoms with Crippen LogP contribution in [0, 0.1) is 11.8 Å². The van der Waals surface area contributed by atoms with Gasteiger partial charge in [-0.2, -0.15) is 0 Å². The van der Waals surface area contributed by atoms with Crippen LogP contribution in [-0.2, 0) is 16.2 Å². The highest BCUT2D eigenvalue weighted by atomic mass is 35.5. The number of piperidine rings is 2. The van der Waals surface area contributed by atoms with Gasteiger partial charge in [-0.15, -0.1) is 0 Å². The van der Waals surface area contributed by atoms with Gasteiger partial charge in [-0.05, 0) is 74.2 Å². The van der Waals surface area contributed by atoms with Crippen LogP contribution in [0.25, 0.3) is 0 Å². The van der Waals surface area contributed by atoms with Crippen LogP contribution in [0.1, 0.15) is 36.8 Å². The van der Waals surface area contributed by atoms with Crippen molar-refractivity contribution in [3.63, 3.8) is 0 Å². The Hall–Kier alpha value is -2.64. The van der Waals surface area contributed by atoms with Crippen molar-refractivity contribution < 1.29 is 9.63 Å². The van der Waals surface area contributed by atoms with E-state index in [0.717, 1.165) is 69.7 Å². The first kappa shape index (κ1) is 23.5. The summed E-state index contributed by atoms with van der Waals surface area (Å²) in [6.07, 6.45) is 5.33. The van der Waals surface area contributed by atoms with Crippen molar-refractivity contribution >= 4 is 29.0 Å². The number of amides is 1. The van der Waals surface area contributed by atoms with Crippen LogP contribution in [0.5, 0.6) is 0 Å². The minimum absolute atomic E-state index is 0.115. The number of carbonyl (C=O) groups excluding carboxylic acids is 1. The molecule has 4 rings (SSSR count). The summed E-state index contributed by atoms with van der Waals surface area (Å²) in [4.78, 5) is 26.8. The molecule has 1 amide bonds. The van der Waals surface area contributed by atoms with E-state index in [4.69, 9.17) is 22.2 Å². The molecule has 8 heteroatoms. The molecule has 0 atom stereocenters. The number of aromatic nitrogens is 1. The standard InChI is InChI=1S/C25H32ClN5O2/c1-33-29-24(19-2-4-22(26)5-3-19)20-9-14-31(15-10-20)25(32)21-7-12-30(13-8-21)17-18-6-11-28-23(27)16-18/h2-6,11,16,20-21H,7-10,12-15,17H2,1H3,(H2,27,28)/b29-24-. The van der Waals surface area contributed by atoms with Gasteiger partial charge in [-0.25, -0.2) is 4.98 Å². The predicted octanol–water partition coefficient (Wildman–Crippen LogP) is 3.82. The van der Waals surface area contributed by atoms with Crippen LogP contribution in [-0.4, -0.2) is 59.7 Å². The normalized spacial score (nSPS) is 19.0. The molecule has 1 aromatic heterocycles. The molecule has 2 saturated heterocycles. The molecule has 7 nitrogen and oxygen atoms in total. The Morgan fingerprint density at radius 1 is 1.09 bits per heavy atom. The molecule has 0 unspecified atom stereocenters. The number of nitrogen functional groups attached to an aromatic ring is 1. The van der Waals surface area contributed by atoms with Gasteiger partial charge in [0.15, 0.2) is 0 Å². The molecular weight excluding hydrogens is 438 g/mol. The molecular formula is C25H32ClN5O2. The number of hydrogen-bond acceptors (Lipinski definition) is 6. The Bertz CT molecular complexity index is 965. The fraction of sp³-hybridized carbons (Fsp3) is 0.480. The van der Waals surface area contributed by atoms with Crippen LogP contribution in [0.2, 0.25) is 5.02 Å². The van der Waals surface area contributed by atoms with E-state index in [2.05, 4.69) is 15.0 Å². The third-order valence-electron chi connectivity index (χ3n) is 6.71. The summed E-state index contributed by atoms with van der Waals surface area (Å²) in [5, 5.41) is 5.01. The zero-order valence-corrected chi connectivity index (χ0v) is 19.9. The minimum Gasteiger partial charge on any atom is -0.399 e. The molecule has 0 saturated carbocycles. The second kappa shape index (κ2) is 11.0. The molecule has 2 aromatic rings. The first-order chi connectivity index (χ1) is 16.0. The van der Waals surface area contributed by atoms with Crippen LogP contribution in [0.4, 0.5) is 5.82 Å². The maximum atomic E-state index is 13.2. The van der Waals surface area contributed by atoms with Crippen molar-refractivity contribution in [3.8, 4) is 0 Å². The summed E-state index contributed by atoms with van der Waals surface area (Å²) in [5.41, 5.74) is 8.92. The van der Waals surface area contributed by atoms with Crippen molar-refractivity contribution in [3.05, 3.63) is 58.7 Å². The van der Waals surface area contributed by atoms with Crippen molar-refractivity contribution in [2.45, 2.75) is 32.2 Å². The number of likely N-dealkylation sites (tertiary alicyclic amines) is 2. The van der Waals surface area contributed by atoms with E-state index in [1.807, 2.05) is 41.3 Å². The van der Waals surface area contributed by atoms with Gasteiger partial charge < -0.3 is 15.5 Å². The smallest absolute Gasteiger partial charge is 0.225 e. The Labute approximate surface area is 200 Å². The molecule has 2 aliphatic rings. The van der Waals surface area contributed by atoms with E-state index in [9.17, 15) is 4.79 Å². The molecule has 2 aliphatic heterocycles. The Morgan fingerprint density at radius 3 is 2.39 bits per heavy atom. The summed E-state index contributed by atoms with van der Waals surface area (Å²) >= 11 is 6.04. The van der Waals surface area contributed by atoms with Gasteiger partial charge in [0.25, 0.3) is 0 Å². The van der Waals surface area contributed by atoms with E-state index in [0.29, 0.717) is 16.7 Å². The van der Waals surface area contributed by atoms with E-state index >= 15 is 0 Å². The minimum atomic E-state index is 0.115. The summed E-state index contributed by atoms with van der Waals surface area (Å²) in [6.45, 7) is 4.23. The second-order valence-electron chi connectivity index (χ2n) is 8.90. The lowest BCUT2D eigenvalue weighted by Gasteiger charge is -2.37. The predicted molar refractivity (Wildman–Crippen MR) is 131 cm³/mol. The molecule has 0 bridgehead atoms. The topological polar surface area (TPSA) is 84.0 Å². The molecule has 0 aliphatic carbocycles. The molecule has 33 heavy (non-hydrogen) atoms. The monoisotopic (exact) mass is 469 g/mol. The second-order valence-corrected chi connectivity index (χ2v) is 9.34. The molecule has 176 valence electrons. The van der Waals surface area contributed by atoms with Gasteiger partial charge in [-0.1, -0.05) is 28.9 Å². The van der Waals surface area contributed by atoms with E-state index in [1.165, 1.54) is 5.56 Å². The van der Waals surface area contributed by atoms with E-state index in [-0.39, 0.29) is 11.8 Å². The number of nitrogens with two attached hydrogens (primary N) is 1. The van der Waals surface area contributed by atoms with Gasteiger partial charge in [0.2, 0.25) is 5.91 Å². The van der Waals surface area contributed by atoms with Gasteiger partial charge in [0.1, 0.15) is 12.9 Å². The summed E-state index contributed by atoms with van der Waals surface area (Å²) < 4.78 is 0. The third-order valence-corrected chi connectivity index (χ3v) is 6.96. The Kier molecular flexibility index (Phi) is 7.83. The molecule has 3 heterocycles. The highest BCUT2D eigenvalue weighted by molar-refractivity contribution is 6.30. The van der Waals surface area contributed by atoms with Gasteiger partial charge >= 0.3 is 0 Å². The largest absolute Gasteiger partial charge is 0.399 e. The van der Waals surface area contributed by atoms with Crippen molar-refractivity contribution in [2.75, 3.05) is 39.0 Å². The summed E-state index contributed by atoms with van der Waals surface area (Å²) in [5.74, 6) is 1.24. The lowest BCUT2D eigenvalue weighted by molar-refractivity contribution is -0.138. The average Bonchev–Trinajstić information content (AvgIpc) is 2.83. The third kappa shape index (κ3) is 6.03. The lowest BCUT2D eigenvalue weighted by Crippen LogP contribution is -2.46. The average molecular weight is 470 g/mol. The highest BCUT2D eigenvalue weighted by Gasteiger charge is 2.32. The van der Waals surface area contributed by atoms with Crippen LogP contribution >= 0.6 is 11.6 Å². The first-order valence-electron chi connectivity index (χ1n) is 11.6. The number of halogens is 1. The maximum absolute atomic E-state index is 13.2. The number of hydrogen-bond donors (Lipinski definition) is 1. The zero-order chi connectivity index (χ0) is 23.2. The quantitative estimate of drug-likeness (QED) is 0.513. The maximum Gasteiger partial charge on any atom is 0.225 e. The van der Waals surface area contributed by atoms with E-state index in [1.54, 1.807) is 13.3 Å². The fourth-order valence-electron chi connectivity index (χ4n) is 4.90. The Balaban J connectivity index is 1.28. The fourth-order valence-corrected chi connectivity index (χ4v) is 5.03. The number of nitrogens with zero attached hydrogens (tertiary/aromatic N) is 4. The van der Waals surface area contributed by atoms with Gasteiger partial charge in [-0.3, -0.25) is 9.69 Å². The number of oxime groups is 1. The molecule has 2 fully saturated rings. The summed E-state index contributed by atoms with van der Waals surface area (Å²) in [7, 11) is 1.57. The Morgan fingerprint density at radius 2 is 1.76 bits per heavy atom. The molecule has 0 spiro atoms.